The number of hydrogen-bond acceptors (Lipinski definition) is 38. The van der Waals surface area contributed by atoms with Crippen molar-refractivity contribution >= 4 is 30.2 Å². The first-order chi connectivity index (χ1) is 43.4. The Balaban J connectivity index is 1.40. The molecule has 532 valence electrons. The Hall–Kier alpha value is -3.93. The highest BCUT2D eigenvalue weighted by atomic mass is 16.8. The molecule has 33 atom stereocenters. The Bertz CT molecular complexity index is 2380. The number of nitrogens with one attached hydrogen (secondary N) is 3. The third kappa shape index (κ3) is 16.9. The molecule has 6 aliphatic rings. The van der Waals surface area contributed by atoms with Crippen LogP contribution in [0.2, 0.25) is 0 Å². The van der Waals surface area contributed by atoms with Crippen LogP contribution in [0.4, 0.5) is 0 Å². The van der Waals surface area contributed by atoms with Crippen molar-refractivity contribution in [2.75, 3.05) is 52.9 Å². The largest absolute Gasteiger partial charge is 0.544 e. The summed E-state index contributed by atoms with van der Waals surface area (Å²) in [5.41, 5.74) is 0. The van der Waals surface area contributed by atoms with Gasteiger partial charge in [-0.05, 0) is 0 Å². The van der Waals surface area contributed by atoms with E-state index in [0.717, 1.165) is 13.8 Å². The van der Waals surface area contributed by atoms with Gasteiger partial charge in [-0.1, -0.05) is 0 Å². The molecule has 92 heavy (non-hydrogen) atoms. The molecule has 0 saturated carbocycles. The van der Waals surface area contributed by atoms with Gasteiger partial charge >= 0.3 is 5.97 Å². The molecule has 0 bridgehead atoms. The standard InChI is InChI=1S/C50H83N3O39/c1-14(62)52-25-17(64)3-49(47(77)78,89-39(25)28(69)19(66)6-55)91-41-31(72)22(9-58)83-45(34(41)75)88-38-26(53-15(2)63)43(82-21(8-57)30(38)71)87-37-24(11-60)85-46(86-36-23(10-59)84-44(33(74)32(36)73)81-12-16(5-54)51-13-61)35(76)42(37)92-50(48(79)80)4-18(65)27(68)40(90-50)29(70)20(67)7-56/h13,16-46,54-60,64-76H,3-12H2,1-2H3,(H,51,61)(H,52,62)(H,53,63)(H,77,78)(H,79,80)/p-1/t16-,17+,18+,19-,20-,21-,22-,23-,24-,25-,26-,27-,28-,29-,30+,31+,32-,33-,34-,35-,36-,37+,38-,39-,40-,41+,42-,43+,44-,45+,46+,49+,50+/m1/s1. The molecule has 0 aliphatic carbocycles. The lowest BCUT2D eigenvalue weighted by atomic mass is 9.88. The van der Waals surface area contributed by atoms with E-state index in [9.17, 15) is 136 Å². The summed E-state index contributed by atoms with van der Waals surface area (Å²) in [6, 6.07) is -4.99. The van der Waals surface area contributed by atoms with Crippen molar-refractivity contribution in [3.8, 4) is 0 Å². The van der Waals surface area contributed by atoms with Crippen molar-refractivity contribution in [1.82, 2.24) is 16.0 Å². The average molecular weight is 1350 g/mol. The maximum absolute atomic E-state index is 13.5. The van der Waals surface area contributed by atoms with E-state index in [1.165, 1.54) is 0 Å². The normalized spacial score (nSPS) is 43.5. The third-order valence-electron chi connectivity index (χ3n) is 16.1. The Kier molecular flexibility index (Phi) is 27.9. The van der Waals surface area contributed by atoms with Crippen LogP contribution in [0.1, 0.15) is 26.7 Å². The topological polar surface area (TPSA) is 680 Å². The quantitative estimate of drug-likeness (QED) is 0.0297. The Morgan fingerprint density at radius 2 is 0.978 bits per heavy atom. The van der Waals surface area contributed by atoms with Gasteiger partial charge in [0.15, 0.2) is 25.2 Å². The van der Waals surface area contributed by atoms with E-state index in [1.54, 1.807) is 0 Å². The number of ether oxygens (including phenoxy) is 12. The fourth-order valence-corrected chi connectivity index (χ4v) is 11.3. The molecule has 42 nitrogen and oxygen atoms in total. The van der Waals surface area contributed by atoms with Crippen LogP contribution in [0.3, 0.4) is 0 Å². The molecule has 6 saturated heterocycles. The Labute approximate surface area is 519 Å². The van der Waals surface area contributed by atoms with Crippen LogP contribution >= 0.6 is 0 Å². The van der Waals surface area contributed by atoms with E-state index in [4.69, 9.17) is 56.8 Å². The molecule has 6 fully saturated rings. The summed E-state index contributed by atoms with van der Waals surface area (Å²) in [6.07, 6.45) is -66.0. The number of carboxylic acids is 2. The molecule has 0 aromatic carbocycles. The number of hydrogen-bond donors (Lipinski definition) is 24. The highest BCUT2D eigenvalue weighted by Crippen LogP contribution is 2.42. The van der Waals surface area contributed by atoms with Gasteiger partial charge in [-0.3, -0.25) is 14.4 Å². The number of aliphatic carboxylic acids is 2. The van der Waals surface area contributed by atoms with Gasteiger partial charge in [0.2, 0.25) is 24.0 Å². The maximum atomic E-state index is 13.5. The number of amides is 3. The minimum Gasteiger partial charge on any atom is -0.544 e. The Morgan fingerprint density at radius 1 is 0.522 bits per heavy atom. The second-order valence-corrected chi connectivity index (χ2v) is 22.5. The van der Waals surface area contributed by atoms with Gasteiger partial charge in [0.25, 0.3) is 5.79 Å². The molecule has 24 N–H and O–H groups in total. The predicted molar refractivity (Wildman–Crippen MR) is 278 cm³/mol. The van der Waals surface area contributed by atoms with Crippen LogP contribution < -0.4 is 21.1 Å². The number of carboxylic acid groups (broad SMARTS) is 2. The van der Waals surface area contributed by atoms with Gasteiger partial charge in [-0.25, -0.2) is 4.79 Å². The van der Waals surface area contributed by atoms with Crippen molar-refractivity contribution < 1.29 is 193 Å². The zero-order valence-electron chi connectivity index (χ0n) is 48.8. The van der Waals surface area contributed by atoms with Crippen LogP contribution in [0.5, 0.6) is 0 Å². The van der Waals surface area contributed by atoms with E-state index < -0.39 is 291 Å². The molecule has 0 unspecified atom stereocenters. The van der Waals surface area contributed by atoms with Crippen molar-refractivity contribution in [1.29, 1.82) is 0 Å². The number of aliphatic hydroxyl groups excluding tert-OH is 20. The van der Waals surface area contributed by atoms with Crippen LogP contribution in [-0.4, -0.2) is 392 Å². The van der Waals surface area contributed by atoms with Gasteiger partial charge in [0, 0.05) is 26.7 Å². The third-order valence-corrected chi connectivity index (χ3v) is 16.1. The number of carbonyl (C=O) groups excluding carboxylic acids is 4. The van der Waals surface area contributed by atoms with Crippen LogP contribution in [-0.2, 0) is 80.8 Å². The van der Waals surface area contributed by atoms with Gasteiger partial charge in [-0.15, -0.1) is 0 Å². The molecule has 6 aliphatic heterocycles. The summed E-state index contributed by atoms with van der Waals surface area (Å²) in [5, 5.41) is 248. The van der Waals surface area contributed by atoms with E-state index in [-0.39, 0.29) is 6.41 Å². The molecule has 42 heteroatoms. The summed E-state index contributed by atoms with van der Waals surface area (Å²) >= 11 is 0. The lowest BCUT2D eigenvalue weighted by molar-refractivity contribution is -0.413. The molecular weight excluding hydrogens is 1270 g/mol. The van der Waals surface area contributed by atoms with E-state index >= 15 is 0 Å². The highest BCUT2D eigenvalue weighted by Gasteiger charge is 2.63. The van der Waals surface area contributed by atoms with Crippen LogP contribution in [0.15, 0.2) is 0 Å². The van der Waals surface area contributed by atoms with Crippen LogP contribution in [0.25, 0.3) is 0 Å². The molecule has 3 amide bonds. The molecule has 0 aromatic rings. The van der Waals surface area contributed by atoms with Gasteiger partial charge in [0.05, 0.1) is 77.1 Å². The number of aliphatic hydroxyl groups is 20. The molecular formula is C50H82N3O39-. The van der Waals surface area contributed by atoms with E-state index in [2.05, 4.69) is 16.0 Å². The summed E-state index contributed by atoms with van der Waals surface area (Å²) in [7, 11) is 0. The summed E-state index contributed by atoms with van der Waals surface area (Å²) in [6.45, 7) is -6.89. The second-order valence-electron chi connectivity index (χ2n) is 22.5. The first-order valence-electron chi connectivity index (χ1n) is 28.6. The van der Waals surface area contributed by atoms with Crippen molar-refractivity contribution in [3.05, 3.63) is 0 Å². The van der Waals surface area contributed by atoms with Gasteiger partial charge in [-0.2, -0.15) is 0 Å². The Morgan fingerprint density at radius 3 is 1.50 bits per heavy atom. The van der Waals surface area contributed by atoms with Crippen LogP contribution in [0, 0.1) is 0 Å². The first kappa shape index (κ1) is 77.1. The smallest absolute Gasteiger partial charge is 0.364 e. The zero-order valence-corrected chi connectivity index (χ0v) is 48.8. The summed E-state index contributed by atoms with van der Waals surface area (Å²) in [4.78, 5) is 62.9. The van der Waals surface area contributed by atoms with E-state index in [1.807, 2.05) is 0 Å². The molecule has 6 heterocycles. The van der Waals surface area contributed by atoms with Crippen molar-refractivity contribution in [2.24, 2.45) is 0 Å². The van der Waals surface area contributed by atoms with Crippen molar-refractivity contribution in [2.45, 2.75) is 228 Å². The minimum absolute atomic E-state index is 0.212. The fourth-order valence-electron chi connectivity index (χ4n) is 11.3. The van der Waals surface area contributed by atoms with Gasteiger partial charge < -0.3 is 190 Å². The predicted octanol–water partition coefficient (Wildman–Crippen LogP) is -17.6. The lowest BCUT2D eigenvalue weighted by Crippen LogP contribution is -2.73. The molecule has 0 radical (unpaired) electrons. The van der Waals surface area contributed by atoms with Crippen molar-refractivity contribution in [3.63, 3.8) is 0 Å². The number of carbonyl (C=O) groups is 5. The lowest BCUT2D eigenvalue weighted by Gasteiger charge is -2.53. The monoisotopic (exact) mass is 1350 g/mol. The summed E-state index contributed by atoms with van der Waals surface area (Å²) < 4.78 is 69.4. The SMILES string of the molecule is CC(=O)N[C@H]1[C@H](O[C@@H]2[C@H](O[C@]3(C(=O)O)C[C@H](O)[C@@H](O)[C@H]([C@H](O)[C@H](O)CO)O3)[C@@H](O)[C@H](O[C@H]3[C@H](O)[C@@H](O)[C@H](OC[C@@H](CO)NC=O)O[C@@H]3CO)O[C@@H]2CO)O[C@H](CO)[C@H](O)[C@@H]1O[C@@H]1O[C@H](CO)[C@H](O)[C@H](O[C@]2(C(=O)[O-])C[C@H](O)[C@@H](NC(C)=O)[C@H]([C@H](O)[C@H](O)CO)O2)[C@H]1O. The highest BCUT2D eigenvalue weighted by molar-refractivity contribution is 5.76. The maximum Gasteiger partial charge on any atom is 0.364 e. The molecule has 0 spiro atoms. The average Bonchev–Trinajstić information content (AvgIpc) is 0.782. The minimum atomic E-state index is -3.48. The first-order valence-corrected chi connectivity index (χ1v) is 28.6. The zero-order chi connectivity index (χ0) is 68.6. The second kappa shape index (κ2) is 33.4. The molecule has 0 aromatic heterocycles. The van der Waals surface area contributed by atoms with Gasteiger partial charge in [0.1, 0.15) is 146 Å². The summed E-state index contributed by atoms with van der Waals surface area (Å²) in [5.74, 6) is -13.5. The molecule has 6 rings (SSSR count). The number of rotatable bonds is 30. The fraction of sp³-hybridized carbons (Fsp3) is 0.900. The van der Waals surface area contributed by atoms with E-state index in [0.29, 0.717) is 0 Å².